The largest absolute Gasteiger partial charge is 0.361 e. The molecule has 1 N–H and O–H groups in total. The molecule has 1 aromatic heterocycles. The number of rotatable bonds is 2. The Morgan fingerprint density at radius 1 is 1.82 bits per heavy atom. The van der Waals surface area contributed by atoms with Gasteiger partial charge >= 0.3 is 0 Å². The third-order valence-corrected chi connectivity index (χ3v) is 1.29. The minimum atomic E-state index is -0.0684. The summed E-state index contributed by atoms with van der Waals surface area (Å²) in [5.74, 6) is 0.531. The van der Waals surface area contributed by atoms with Gasteiger partial charge in [-0.15, -0.1) is 0 Å². The van der Waals surface area contributed by atoms with Crippen LogP contribution in [0.3, 0.4) is 0 Å². The van der Waals surface area contributed by atoms with E-state index in [-0.39, 0.29) is 12.3 Å². The summed E-state index contributed by atoms with van der Waals surface area (Å²) in [6.45, 7) is 1.82. The van der Waals surface area contributed by atoms with E-state index in [1.54, 1.807) is 13.1 Å². The minimum absolute atomic E-state index is 0.0684. The zero-order chi connectivity index (χ0) is 8.27. The number of hydrogen-bond acceptors (Lipinski definition) is 3. The molecule has 0 atom stereocenters. The van der Waals surface area contributed by atoms with Crippen LogP contribution in [0.4, 0.5) is 0 Å². The summed E-state index contributed by atoms with van der Waals surface area (Å²) in [4.78, 5) is 10.8. The highest BCUT2D eigenvalue weighted by Gasteiger charge is 2.04. The fraction of sp³-hybridized carbons (Fsp3) is 0.429. The molecule has 1 aromatic rings. The maximum atomic E-state index is 10.8. The van der Waals surface area contributed by atoms with Gasteiger partial charge in [-0.1, -0.05) is 5.16 Å². The van der Waals surface area contributed by atoms with E-state index in [1.165, 1.54) is 0 Å². The van der Waals surface area contributed by atoms with Gasteiger partial charge in [-0.3, -0.25) is 4.79 Å². The molecule has 0 spiro atoms. The molecule has 4 nitrogen and oxygen atoms in total. The summed E-state index contributed by atoms with van der Waals surface area (Å²) in [5, 5.41) is 6.14. The van der Waals surface area contributed by atoms with Gasteiger partial charge in [0.1, 0.15) is 5.76 Å². The number of hydrogen-bond donors (Lipinski definition) is 1. The Hall–Kier alpha value is -1.32. The summed E-state index contributed by atoms with van der Waals surface area (Å²) >= 11 is 0. The van der Waals surface area contributed by atoms with Crippen molar-refractivity contribution in [2.24, 2.45) is 0 Å². The second kappa shape index (κ2) is 3.18. The molecule has 0 saturated heterocycles. The van der Waals surface area contributed by atoms with E-state index in [0.29, 0.717) is 5.76 Å². The van der Waals surface area contributed by atoms with E-state index >= 15 is 0 Å². The highest BCUT2D eigenvalue weighted by Crippen LogP contribution is 2.01. The van der Waals surface area contributed by atoms with Crippen molar-refractivity contribution in [2.45, 2.75) is 13.3 Å². The highest BCUT2D eigenvalue weighted by molar-refractivity contribution is 5.77. The zero-order valence-electron chi connectivity index (χ0n) is 6.55. The molecule has 0 aliphatic rings. The Morgan fingerprint density at radius 3 is 3.00 bits per heavy atom. The molecule has 0 unspecified atom stereocenters. The molecule has 60 valence electrons. The number of aryl methyl sites for hydroxylation is 1. The first-order valence-corrected chi connectivity index (χ1v) is 3.35. The molecule has 11 heavy (non-hydrogen) atoms. The first-order valence-electron chi connectivity index (χ1n) is 3.35. The van der Waals surface area contributed by atoms with Gasteiger partial charge in [0.25, 0.3) is 0 Å². The monoisotopic (exact) mass is 154 g/mol. The van der Waals surface area contributed by atoms with Crippen LogP contribution in [0.25, 0.3) is 0 Å². The number of amides is 1. The minimum Gasteiger partial charge on any atom is -0.361 e. The second-order valence-electron chi connectivity index (χ2n) is 2.28. The number of carbonyl (C=O) groups excluding carboxylic acids is 1. The van der Waals surface area contributed by atoms with E-state index in [1.807, 2.05) is 6.92 Å². The summed E-state index contributed by atoms with van der Waals surface area (Å²) in [5.41, 5.74) is 0.795. The van der Waals surface area contributed by atoms with Crippen LogP contribution in [0.2, 0.25) is 0 Å². The van der Waals surface area contributed by atoms with E-state index in [4.69, 9.17) is 4.52 Å². The average molecular weight is 154 g/mol. The number of nitrogens with zero attached hydrogens (tertiary/aromatic N) is 1. The fourth-order valence-electron chi connectivity index (χ4n) is 0.746. The molecule has 0 bridgehead atoms. The van der Waals surface area contributed by atoms with Crippen molar-refractivity contribution < 1.29 is 9.32 Å². The van der Waals surface area contributed by atoms with Gasteiger partial charge in [0.2, 0.25) is 5.91 Å². The first-order chi connectivity index (χ1) is 5.22. The summed E-state index contributed by atoms with van der Waals surface area (Å²) in [6.07, 6.45) is 0.261. The van der Waals surface area contributed by atoms with Crippen molar-refractivity contribution in [2.75, 3.05) is 7.05 Å². The lowest BCUT2D eigenvalue weighted by atomic mass is 10.3. The first kappa shape index (κ1) is 7.78. The van der Waals surface area contributed by atoms with Gasteiger partial charge in [0.15, 0.2) is 0 Å². The average Bonchev–Trinajstić information content (AvgIpc) is 2.35. The molecule has 0 saturated carbocycles. The van der Waals surface area contributed by atoms with Crippen molar-refractivity contribution >= 4 is 5.91 Å². The predicted octanol–water partition coefficient (Wildman–Crippen LogP) is 0.272. The van der Waals surface area contributed by atoms with Crippen molar-refractivity contribution in [3.63, 3.8) is 0 Å². The third-order valence-electron chi connectivity index (χ3n) is 1.29. The maximum absolute atomic E-state index is 10.8. The molecule has 0 aliphatic carbocycles. The molecular formula is C7H10N2O2. The zero-order valence-corrected chi connectivity index (χ0v) is 6.55. The van der Waals surface area contributed by atoms with E-state index in [0.717, 1.165) is 5.69 Å². The van der Waals surface area contributed by atoms with Gasteiger partial charge in [-0.05, 0) is 6.92 Å². The molecule has 1 heterocycles. The molecule has 0 aromatic carbocycles. The van der Waals surface area contributed by atoms with E-state index in [2.05, 4.69) is 10.5 Å². The SMILES string of the molecule is CNC(=O)Cc1cc(C)no1. The normalized spacial score (nSPS) is 9.64. The predicted molar refractivity (Wildman–Crippen MR) is 39.0 cm³/mol. The van der Waals surface area contributed by atoms with Crippen molar-refractivity contribution in [3.05, 3.63) is 17.5 Å². The maximum Gasteiger partial charge on any atom is 0.227 e. The number of carbonyl (C=O) groups is 1. The van der Waals surface area contributed by atoms with Crippen LogP contribution in [0.1, 0.15) is 11.5 Å². The van der Waals surface area contributed by atoms with Crippen LogP contribution in [0, 0.1) is 6.92 Å². The molecule has 0 fully saturated rings. The molecule has 4 heteroatoms. The number of likely N-dealkylation sites (N-methyl/N-ethyl adjacent to an activating group) is 1. The van der Waals surface area contributed by atoms with Crippen LogP contribution in [0.15, 0.2) is 10.6 Å². The van der Waals surface area contributed by atoms with Crippen LogP contribution in [-0.2, 0) is 11.2 Å². The summed E-state index contributed by atoms with van der Waals surface area (Å²) in [7, 11) is 1.59. The smallest absolute Gasteiger partial charge is 0.227 e. The Bertz CT molecular complexity index is 255. The Labute approximate surface area is 64.6 Å². The highest BCUT2D eigenvalue weighted by atomic mass is 16.5. The second-order valence-corrected chi connectivity index (χ2v) is 2.28. The van der Waals surface area contributed by atoms with Crippen molar-refractivity contribution in [1.29, 1.82) is 0 Å². The standard InChI is InChI=1S/C7H10N2O2/c1-5-3-6(11-9-5)4-7(10)8-2/h3H,4H2,1-2H3,(H,8,10). The quantitative estimate of drug-likeness (QED) is 0.665. The lowest BCUT2D eigenvalue weighted by Gasteiger charge is -1.92. The van der Waals surface area contributed by atoms with Gasteiger partial charge in [-0.2, -0.15) is 0 Å². The summed E-state index contributed by atoms with van der Waals surface area (Å²) < 4.78 is 4.83. The van der Waals surface area contributed by atoms with Crippen LogP contribution in [-0.4, -0.2) is 18.1 Å². The Balaban J connectivity index is 2.57. The van der Waals surface area contributed by atoms with Crippen molar-refractivity contribution in [1.82, 2.24) is 10.5 Å². The Morgan fingerprint density at radius 2 is 2.55 bits per heavy atom. The molecule has 1 amide bonds. The lowest BCUT2D eigenvalue weighted by Crippen LogP contribution is -2.19. The molecule has 0 radical (unpaired) electrons. The molecule has 0 aliphatic heterocycles. The third kappa shape index (κ3) is 2.07. The van der Waals surface area contributed by atoms with Gasteiger partial charge in [-0.25, -0.2) is 0 Å². The van der Waals surface area contributed by atoms with Crippen LogP contribution >= 0.6 is 0 Å². The summed E-state index contributed by atoms with van der Waals surface area (Å²) in [6, 6.07) is 1.75. The van der Waals surface area contributed by atoms with E-state index < -0.39 is 0 Å². The number of aromatic nitrogens is 1. The van der Waals surface area contributed by atoms with Gasteiger partial charge in [0.05, 0.1) is 12.1 Å². The number of nitrogens with one attached hydrogen (secondary N) is 1. The fourth-order valence-corrected chi connectivity index (χ4v) is 0.746. The van der Waals surface area contributed by atoms with E-state index in [9.17, 15) is 4.79 Å². The Kier molecular flexibility index (Phi) is 2.25. The molecular weight excluding hydrogens is 144 g/mol. The lowest BCUT2D eigenvalue weighted by molar-refractivity contribution is -0.120. The van der Waals surface area contributed by atoms with Crippen molar-refractivity contribution in [3.8, 4) is 0 Å². The topological polar surface area (TPSA) is 55.1 Å². The van der Waals surface area contributed by atoms with Crippen LogP contribution in [0.5, 0.6) is 0 Å². The molecule has 1 rings (SSSR count). The van der Waals surface area contributed by atoms with Crippen LogP contribution < -0.4 is 5.32 Å². The van der Waals surface area contributed by atoms with Gasteiger partial charge < -0.3 is 9.84 Å². The van der Waals surface area contributed by atoms with Gasteiger partial charge in [0, 0.05) is 13.1 Å².